The summed E-state index contributed by atoms with van der Waals surface area (Å²) in [5.41, 5.74) is 9.28. The highest BCUT2D eigenvalue weighted by atomic mass is 19.1. The van der Waals surface area contributed by atoms with Crippen LogP contribution >= 0.6 is 0 Å². The van der Waals surface area contributed by atoms with Gasteiger partial charge >= 0.3 is 0 Å². The molecular weight excluding hydrogens is 413 g/mol. The molecule has 0 spiro atoms. The largest absolute Gasteiger partial charge is 0.487 e. The van der Waals surface area contributed by atoms with E-state index in [4.69, 9.17) is 15.6 Å². The average molecular weight is 442 g/mol. The number of rotatable bonds is 7. The van der Waals surface area contributed by atoms with Gasteiger partial charge in [-0.2, -0.15) is 0 Å². The second-order valence-corrected chi connectivity index (χ2v) is 8.33. The number of nitrogens with two attached hydrogens (primary N) is 1. The number of hydrogen-bond acceptors (Lipinski definition) is 5. The molecule has 1 saturated carbocycles. The zero-order valence-electron chi connectivity index (χ0n) is 17.8. The maximum atomic E-state index is 14.6. The highest BCUT2D eigenvalue weighted by Crippen LogP contribution is 2.32. The first-order chi connectivity index (χ1) is 15.5. The standard InChI is InChI=1S/C24H28FN3O4/c25-20-13-28(23(30)14-29)9-8-22(20)32-21-7-6-17(10-18(21)12-26)16-2-1-3-19(11-16)27-24(31)15-4-5-15/h1-3,6-7,10-11,15,20,22,29H,4-5,8-9,12-14,26H2,(H,27,31)/t20-,22+/m1/s1. The monoisotopic (exact) mass is 441 g/mol. The van der Waals surface area contributed by atoms with Crippen molar-refractivity contribution in [3.63, 3.8) is 0 Å². The summed E-state index contributed by atoms with van der Waals surface area (Å²) in [6, 6.07) is 13.2. The van der Waals surface area contributed by atoms with Crippen LogP contribution in [0.1, 0.15) is 24.8 Å². The lowest BCUT2D eigenvalue weighted by molar-refractivity contribution is -0.138. The number of likely N-dealkylation sites (tertiary alicyclic amines) is 1. The minimum atomic E-state index is -1.35. The maximum absolute atomic E-state index is 14.6. The van der Waals surface area contributed by atoms with Crippen molar-refractivity contribution in [3.05, 3.63) is 48.0 Å². The highest BCUT2D eigenvalue weighted by molar-refractivity contribution is 5.94. The molecule has 1 aliphatic carbocycles. The second-order valence-electron chi connectivity index (χ2n) is 8.33. The SMILES string of the molecule is NCc1cc(-c2cccc(NC(=O)C3CC3)c2)ccc1O[C@H]1CCN(C(=O)CO)C[C@H]1F. The van der Waals surface area contributed by atoms with E-state index in [0.29, 0.717) is 18.7 Å². The third-order valence-corrected chi connectivity index (χ3v) is 5.94. The van der Waals surface area contributed by atoms with Crippen LogP contribution in [-0.2, 0) is 16.1 Å². The molecule has 2 amide bonds. The summed E-state index contributed by atoms with van der Waals surface area (Å²) in [5, 5.41) is 11.9. The van der Waals surface area contributed by atoms with Crippen molar-refractivity contribution in [1.29, 1.82) is 0 Å². The fourth-order valence-corrected chi connectivity index (χ4v) is 3.91. The van der Waals surface area contributed by atoms with Crippen LogP contribution in [0.25, 0.3) is 11.1 Å². The number of hydrogen-bond donors (Lipinski definition) is 3. The van der Waals surface area contributed by atoms with E-state index < -0.39 is 24.8 Å². The van der Waals surface area contributed by atoms with E-state index in [2.05, 4.69) is 5.32 Å². The summed E-state index contributed by atoms with van der Waals surface area (Å²) in [6.07, 6.45) is 0.194. The maximum Gasteiger partial charge on any atom is 0.248 e. The van der Waals surface area contributed by atoms with Crippen LogP contribution in [0.5, 0.6) is 5.75 Å². The molecule has 0 aromatic heterocycles. The van der Waals surface area contributed by atoms with Crippen molar-refractivity contribution in [1.82, 2.24) is 4.90 Å². The summed E-state index contributed by atoms with van der Waals surface area (Å²) in [7, 11) is 0. The molecule has 1 heterocycles. The molecule has 2 aromatic rings. The molecule has 32 heavy (non-hydrogen) atoms. The van der Waals surface area contributed by atoms with E-state index in [9.17, 15) is 14.0 Å². The number of nitrogens with zero attached hydrogens (tertiary/aromatic N) is 1. The predicted octanol–water partition coefficient (Wildman–Crippen LogP) is 2.47. The fourth-order valence-electron chi connectivity index (χ4n) is 3.91. The molecule has 1 saturated heterocycles. The lowest BCUT2D eigenvalue weighted by atomic mass is 10.0. The van der Waals surface area contributed by atoms with Gasteiger partial charge in [0.1, 0.15) is 18.5 Å². The van der Waals surface area contributed by atoms with Gasteiger partial charge in [-0.05, 0) is 48.2 Å². The van der Waals surface area contributed by atoms with Crippen molar-refractivity contribution >= 4 is 17.5 Å². The van der Waals surface area contributed by atoms with E-state index in [1.165, 1.54) is 4.90 Å². The van der Waals surface area contributed by atoms with Crippen molar-refractivity contribution in [2.45, 2.75) is 38.1 Å². The van der Waals surface area contributed by atoms with Crippen LogP contribution in [0.15, 0.2) is 42.5 Å². The molecule has 7 nitrogen and oxygen atoms in total. The summed E-state index contributed by atoms with van der Waals surface area (Å²) in [6.45, 7) is -0.165. The topological polar surface area (TPSA) is 105 Å². The molecule has 2 fully saturated rings. The first kappa shape index (κ1) is 22.2. The van der Waals surface area contributed by atoms with E-state index in [1.807, 2.05) is 36.4 Å². The normalized spacial score (nSPS) is 20.7. The van der Waals surface area contributed by atoms with Gasteiger partial charge in [-0.1, -0.05) is 18.2 Å². The summed E-state index contributed by atoms with van der Waals surface area (Å²) in [4.78, 5) is 25.0. The molecule has 0 unspecified atom stereocenters. The molecule has 2 atom stereocenters. The Hall–Kier alpha value is -2.97. The Kier molecular flexibility index (Phi) is 6.72. The predicted molar refractivity (Wildman–Crippen MR) is 119 cm³/mol. The fraction of sp³-hybridized carbons (Fsp3) is 0.417. The highest BCUT2D eigenvalue weighted by Gasteiger charge is 2.33. The summed E-state index contributed by atoms with van der Waals surface area (Å²) in [5.74, 6) is 0.227. The summed E-state index contributed by atoms with van der Waals surface area (Å²) >= 11 is 0. The minimum Gasteiger partial charge on any atom is -0.487 e. The number of ether oxygens (including phenoxy) is 1. The Morgan fingerprint density at radius 2 is 1.94 bits per heavy atom. The Morgan fingerprint density at radius 3 is 2.62 bits per heavy atom. The third kappa shape index (κ3) is 5.08. The van der Waals surface area contributed by atoms with Gasteiger partial charge in [0.15, 0.2) is 6.17 Å². The van der Waals surface area contributed by atoms with Crippen LogP contribution in [0, 0.1) is 5.92 Å². The third-order valence-electron chi connectivity index (χ3n) is 5.94. The van der Waals surface area contributed by atoms with Gasteiger partial charge in [0.25, 0.3) is 0 Å². The van der Waals surface area contributed by atoms with Gasteiger partial charge in [0, 0.05) is 36.7 Å². The molecule has 0 bridgehead atoms. The number of piperidine rings is 1. The number of benzene rings is 2. The molecule has 2 aromatic carbocycles. The van der Waals surface area contributed by atoms with E-state index in [0.717, 1.165) is 35.2 Å². The quantitative estimate of drug-likeness (QED) is 0.612. The lowest BCUT2D eigenvalue weighted by Gasteiger charge is -2.34. The molecule has 1 aliphatic heterocycles. The number of carbonyl (C=O) groups is 2. The number of amides is 2. The van der Waals surface area contributed by atoms with E-state index in [1.54, 1.807) is 6.07 Å². The molecule has 2 aliphatic rings. The number of anilines is 1. The molecule has 170 valence electrons. The van der Waals surface area contributed by atoms with E-state index in [-0.39, 0.29) is 24.9 Å². The number of alkyl halides is 1. The second kappa shape index (κ2) is 9.67. The number of aliphatic hydroxyl groups excluding tert-OH is 1. The molecular formula is C24H28FN3O4. The first-order valence-corrected chi connectivity index (χ1v) is 10.9. The minimum absolute atomic E-state index is 0.0565. The van der Waals surface area contributed by atoms with E-state index >= 15 is 0 Å². The van der Waals surface area contributed by atoms with Gasteiger partial charge in [-0.3, -0.25) is 9.59 Å². The molecule has 8 heteroatoms. The Labute approximate surface area is 186 Å². The number of halogens is 1. The van der Waals surface area contributed by atoms with Crippen molar-refractivity contribution in [2.75, 3.05) is 25.0 Å². The smallest absolute Gasteiger partial charge is 0.248 e. The zero-order valence-corrected chi connectivity index (χ0v) is 17.8. The van der Waals surface area contributed by atoms with Gasteiger partial charge in [-0.15, -0.1) is 0 Å². The Bertz CT molecular complexity index is 995. The van der Waals surface area contributed by atoms with Crippen LogP contribution in [0.2, 0.25) is 0 Å². The zero-order chi connectivity index (χ0) is 22.7. The number of aliphatic hydroxyl groups is 1. The Balaban J connectivity index is 1.46. The van der Waals surface area contributed by atoms with Crippen molar-refractivity contribution in [3.8, 4) is 16.9 Å². The summed E-state index contributed by atoms with van der Waals surface area (Å²) < 4.78 is 20.5. The van der Waals surface area contributed by atoms with Crippen LogP contribution in [0.3, 0.4) is 0 Å². The van der Waals surface area contributed by atoms with Crippen molar-refractivity contribution < 1.29 is 23.8 Å². The van der Waals surface area contributed by atoms with Gasteiger partial charge in [0.05, 0.1) is 6.54 Å². The van der Waals surface area contributed by atoms with Crippen LogP contribution in [0.4, 0.5) is 10.1 Å². The van der Waals surface area contributed by atoms with Crippen molar-refractivity contribution in [2.24, 2.45) is 11.7 Å². The Morgan fingerprint density at radius 1 is 1.16 bits per heavy atom. The van der Waals surface area contributed by atoms with Gasteiger partial charge in [0.2, 0.25) is 11.8 Å². The van der Waals surface area contributed by atoms with Crippen LogP contribution < -0.4 is 15.8 Å². The van der Waals surface area contributed by atoms with Crippen LogP contribution in [-0.4, -0.2) is 53.8 Å². The number of nitrogens with one attached hydrogen (secondary N) is 1. The average Bonchev–Trinajstić information content (AvgIpc) is 3.66. The molecule has 0 radical (unpaired) electrons. The number of carbonyl (C=O) groups excluding carboxylic acids is 2. The van der Waals surface area contributed by atoms with Gasteiger partial charge in [-0.25, -0.2) is 4.39 Å². The molecule has 4 rings (SSSR count). The molecule has 4 N–H and O–H groups in total. The van der Waals surface area contributed by atoms with Gasteiger partial charge < -0.3 is 25.8 Å². The first-order valence-electron chi connectivity index (χ1n) is 10.9. The lowest BCUT2D eigenvalue weighted by Crippen LogP contribution is -2.50.